The van der Waals surface area contributed by atoms with Gasteiger partial charge in [-0.1, -0.05) is 148 Å². The maximum Gasteiger partial charge on any atom is 0.136 e. The fourth-order valence-corrected chi connectivity index (χ4v) is 8.08. The predicted octanol–water partition coefficient (Wildman–Crippen LogP) is 11.5. The summed E-state index contributed by atoms with van der Waals surface area (Å²) in [5, 5.41) is 7.10. The quantitative estimate of drug-likeness (QED) is 0.186. The molecule has 0 spiro atoms. The lowest BCUT2D eigenvalue weighted by molar-refractivity contribution is 0.668. The zero-order valence-electron chi connectivity index (χ0n) is 28.5. The summed E-state index contributed by atoms with van der Waals surface area (Å²) in [6, 6.07) is 46.0. The molecular weight excluding hydrogens is 605 g/mol. The van der Waals surface area contributed by atoms with Gasteiger partial charge in [-0.25, -0.2) is 0 Å². The average molecular weight is 643 g/mol. The van der Waals surface area contributed by atoms with Crippen molar-refractivity contribution in [1.29, 1.82) is 0 Å². The number of rotatable bonds is 4. The topological polar surface area (TPSA) is 13.1 Å². The van der Waals surface area contributed by atoms with Gasteiger partial charge < -0.3 is 4.42 Å². The number of hydrogen-bond donors (Lipinski definition) is 0. The summed E-state index contributed by atoms with van der Waals surface area (Å²) in [4.78, 5) is 0. The minimum atomic E-state index is -0.193. The van der Waals surface area contributed by atoms with Crippen LogP contribution in [0.5, 0.6) is 0 Å². The van der Waals surface area contributed by atoms with E-state index in [1.54, 1.807) is 0 Å². The van der Waals surface area contributed by atoms with Crippen molar-refractivity contribution in [2.45, 2.75) is 32.1 Å². The first-order valence-electron chi connectivity index (χ1n) is 17.6. The van der Waals surface area contributed by atoms with E-state index in [1.165, 1.54) is 49.0 Å². The number of fused-ring (bicyclic) bond motifs is 6. The Balaban J connectivity index is 1.34. The van der Waals surface area contributed by atoms with Gasteiger partial charge in [0.25, 0.3) is 0 Å². The van der Waals surface area contributed by atoms with Gasteiger partial charge in [-0.3, -0.25) is 0 Å². The van der Waals surface area contributed by atoms with Crippen LogP contribution in [0.4, 0.5) is 0 Å². The number of allylic oxidation sites excluding steroid dienone is 6. The molecule has 2 aliphatic carbocycles. The molecule has 240 valence electrons. The Morgan fingerprint density at radius 3 is 2.22 bits per heavy atom. The summed E-state index contributed by atoms with van der Waals surface area (Å²) in [6.07, 6.45) is 13.5. The highest BCUT2D eigenvalue weighted by Gasteiger charge is 2.35. The Labute approximate surface area is 293 Å². The average Bonchev–Trinajstić information content (AvgIpc) is 3.65. The Hall–Kier alpha value is -5.92. The van der Waals surface area contributed by atoms with Gasteiger partial charge in [0.2, 0.25) is 0 Å². The van der Waals surface area contributed by atoms with E-state index in [1.807, 2.05) is 6.07 Å². The van der Waals surface area contributed by atoms with Crippen LogP contribution in [0.25, 0.3) is 61.1 Å². The van der Waals surface area contributed by atoms with Crippen molar-refractivity contribution in [1.82, 2.24) is 0 Å². The van der Waals surface area contributed by atoms with Gasteiger partial charge in [-0.05, 0) is 115 Å². The maximum atomic E-state index is 6.51. The molecule has 1 aromatic heterocycles. The highest BCUT2D eigenvalue weighted by Crippen LogP contribution is 2.49. The third-order valence-electron chi connectivity index (χ3n) is 10.7. The van der Waals surface area contributed by atoms with Crippen molar-refractivity contribution >= 4 is 61.1 Å². The molecular formula is C49H38O. The smallest absolute Gasteiger partial charge is 0.136 e. The fraction of sp³-hybridized carbons (Fsp3) is 0.102. The Morgan fingerprint density at radius 2 is 1.36 bits per heavy atom. The van der Waals surface area contributed by atoms with Gasteiger partial charge in [-0.15, -0.1) is 0 Å². The molecule has 1 nitrogen and oxygen atoms in total. The van der Waals surface area contributed by atoms with Crippen molar-refractivity contribution in [2.24, 2.45) is 0 Å². The second-order valence-electron chi connectivity index (χ2n) is 14.1. The zero-order chi connectivity index (χ0) is 33.8. The summed E-state index contributed by atoms with van der Waals surface area (Å²) >= 11 is 0. The minimum absolute atomic E-state index is 0.193. The molecule has 2 aliphatic rings. The Kier molecular flexibility index (Phi) is 7.18. The van der Waals surface area contributed by atoms with Gasteiger partial charge in [-0.2, -0.15) is 0 Å². The standard InChI is InChI=1S/C49H38O/c1-32(37-19-6-4-5-7-20-38(40-22-12-11-21-39(37)40)35-27-26-33-16-8-9-17-34(33)28-35)42-30-44-41-23-13-15-25-47(41)50-48(44)31-43(42)46-29-36-18-10-14-24-45(36)49(46,2)3/h6-31H,1,4-5H2,2-3H3/b19-6+,20-7+,39-37+,40-38+. The number of para-hydroxylation sites is 1. The molecule has 50 heavy (non-hydrogen) atoms. The molecule has 1 heterocycles. The third kappa shape index (κ3) is 4.92. The largest absolute Gasteiger partial charge is 0.456 e. The molecule has 0 saturated carbocycles. The van der Waals surface area contributed by atoms with E-state index in [4.69, 9.17) is 11.0 Å². The van der Waals surface area contributed by atoms with Crippen molar-refractivity contribution in [3.8, 4) is 0 Å². The van der Waals surface area contributed by atoms with E-state index >= 15 is 0 Å². The molecule has 0 unspecified atom stereocenters. The van der Waals surface area contributed by atoms with Gasteiger partial charge in [0.1, 0.15) is 11.2 Å². The molecule has 1 heteroatoms. The first kappa shape index (κ1) is 30.2. The molecule has 0 aliphatic heterocycles. The summed E-state index contributed by atoms with van der Waals surface area (Å²) in [5.41, 5.74) is 12.4. The van der Waals surface area contributed by atoms with Crippen molar-refractivity contribution < 1.29 is 4.42 Å². The number of benzene rings is 6. The molecule has 7 aromatic rings. The Bertz CT molecular complexity index is 2740. The van der Waals surface area contributed by atoms with E-state index < -0.39 is 0 Å². The second kappa shape index (κ2) is 11.9. The molecule has 0 amide bonds. The molecule has 0 radical (unpaired) electrons. The molecule has 6 aromatic carbocycles. The summed E-state index contributed by atoms with van der Waals surface area (Å²) in [6.45, 7) is 9.61. The molecule has 0 fully saturated rings. The number of hydrogen-bond acceptors (Lipinski definition) is 1. The normalized spacial score (nSPS) is 18.8. The van der Waals surface area contributed by atoms with Gasteiger partial charge in [0.05, 0.1) is 0 Å². The molecule has 0 saturated heterocycles. The van der Waals surface area contributed by atoms with Crippen molar-refractivity contribution in [3.63, 3.8) is 0 Å². The van der Waals surface area contributed by atoms with E-state index in [2.05, 4.69) is 166 Å². The van der Waals surface area contributed by atoms with Crippen LogP contribution >= 0.6 is 0 Å². The van der Waals surface area contributed by atoms with Gasteiger partial charge in [0.15, 0.2) is 0 Å². The number of furan rings is 1. The first-order valence-corrected chi connectivity index (χ1v) is 17.6. The van der Waals surface area contributed by atoms with Crippen LogP contribution in [0.15, 0.2) is 163 Å². The SMILES string of the molecule is C=C(C1=c2\cccc\c2=C(c2ccc3ccccc3c2)\C=C\CC\C=C\1)c1cc2c(cc1C1=Cc3ccccc3C1(C)C)oc1ccccc12. The minimum Gasteiger partial charge on any atom is -0.456 e. The summed E-state index contributed by atoms with van der Waals surface area (Å²) in [7, 11) is 0. The van der Waals surface area contributed by atoms with Gasteiger partial charge in [0, 0.05) is 16.2 Å². The lowest BCUT2D eigenvalue weighted by Crippen LogP contribution is -2.29. The van der Waals surface area contributed by atoms with E-state index in [0.29, 0.717) is 0 Å². The van der Waals surface area contributed by atoms with Crippen LogP contribution in [0.1, 0.15) is 54.5 Å². The monoisotopic (exact) mass is 642 g/mol. The molecule has 0 N–H and O–H groups in total. The Morgan fingerprint density at radius 1 is 0.640 bits per heavy atom. The first-order chi connectivity index (χ1) is 24.5. The highest BCUT2D eigenvalue weighted by atomic mass is 16.3. The third-order valence-corrected chi connectivity index (χ3v) is 10.7. The van der Waals surface area contributed by atoms with Crippen molar-refractivity contribution in [2.75, 3.05) is 0 Å². The van der Waals surface area contributed by atoms with E-state index in [9.17, 15) is 0 Å². The molecule has 0 atom stereocenters. The summed E-state index contributed by atoms with van der Waals surface area (Å²) < 4.78 is 6.51. The van der Waals surface area contributed by atoms with Crippen LogP contribution in [0.3, 0.4) is 0 Å². The highest BCUT2D eigenvalue weighted by molar-refractivity contribution is 6.12. The molecule has 0 bridgehead atoms. The van der Waals surface area contributed by atoms with E-state index in [-0.39, 0.29) is 5.41 Å². The second-order valence-corrected chi connectivity index (χ2v) is 14.1. The lowest BCUT2D eigenvalue weighted by Gasteiger charge is -2.27. The summed E-state index contributed by atoms with van der Waals surface area (Å²) in [5.74, 6) is 0. The van der Waals surface area contributed by atoms with Crippen molar-refractivity contribution in [3.05, 3.63) is 197 Å². The predicted molar refractivity (Wildman–Crippen MR) is 213 cm³/mol. The fourth-order valence-electron chi connectivity index (χ4n) is 8.08. The maximum absolute atomic E-state index is 6.51. The molecule has 9 rings (SSSR count). The van der Waals surface area contributed by atoms with Crippen LogP contribution in [0.2, 0.25) is 0 Å². The van der Waals surface area contributed by atoms with Crippen LogP contribution in [-0.2, 0) is 5.41 Å². The van der Waals surface area contributed by atoms with E-state index in [0.717, 1.165) is 57.1 Å². The van der Waals surface area contributed by atoms with Crippen LogP contribution < -0.4 is 10.4 Å². The van der Waals surface area contributed by atoms with Crippen LogP contribution in [-0.4, -0.2) is 0 Å². The lowest BCUT2D eigenvalue weighted by atomic mass is 9.76. The van der Waals surface area contributed by atoms with Gasteiger partial charge >= 0.3 is 0 Å². The van der Waals surface area contributed by atoms with Crippen LogP contribution in [0, 0.1) is 0 Å². The zero-order valence-corrected chi connectivity index (χ0v) is 28.5.